The van der Waals surface area contributed by atoms with Gasteiger partial charge in [0.2, 0.25) is 0 Å². The molecule has 20 heavy (non-hydrogen) atoms. The predicted molar refractivity (Wildman–Crippen MR) is 79.6 cm³/mol. The molecule has 0 unspecified atom stereocenters. The van der Waals surface area contributed by atoms with Crippen molar-refractivity contribution in [1.82, 2.24) is 24.9 Å². The molecule has 0 aliphatic carbocycles. The van der Waals surface area contributed by atoms with Crippen LogP contribution >= 0.6 is 15.9 Å². The topological polar surface area (TPSA) is 64.7 Å². The molecule has 0 saturated carbocycles. The Kier molecular flexibility index (Phi) is 4.59. The summed E-state index contributed by atoms with van der Waals surface area (Å²) in [7, 11) is 1.75. The van der Waals surface area contributed by atoms with Crippen molar-refractivity contribution in [3.8, 4) is 0 Å². The summed E-state index contributed by atoms with van der Waals surface area (Å²) in [6.45, 7) is 5.39. The molecule has 2 aromatic heterocycles. The van der Waals surface area contributed by atoms with Gasteiger partial charge in [0.1, 0.15) is 5.69 Å². The Morgan fingerprint density at radius 3 is 2.75 bits per heavy atom. The second-order valence-electron chi connectivity index (χ2n) is 4.66. The Morgan fingerprint density at radius 1 is 1.45 bits per heavy atom. The lowest BCUT2D eigenvalue weighted by Crippen LogP contribution is -2.27. The Labute approximate surface area is 126 Å². The van der Waals surface area contributed by atoms with Crippen molar-refractivity contribution < 1.29 is 4.79 Å². The van der Waals surface area contributed by atoms with Crippen LogP contribution in [0.2, 0.25) is 0 Å². The van der Waals surface area contributed by atoms with Crippen LogP contribution in [0.25, 0.3) is 0 Å². The van der Waals surface area contributed by atoms with Gasteiger partial charge in [-0.1, -0.05) is 0 Å². The minimum absolute atomic E-state index is 0.0976. The predicted octanol–water partition coefficient (Wildman–Crippen LogP) is 1.82. The maximum Gasteiger partial charge on any atom is 0.269 e. The lowest BCUT2D eigenvalue weighted by molar-refractivity contribution is 0.0943. The molecule has 2 rings (SSSR count). The Morgan fingerprint density at radius 2 is 2.20 bits per heavy atom. The normalized spacial score (nSPS) is 10.8. The zero-order valence-electron chi connectivity index (χ0n) is 11.9. The molecule has 0 aromatic carbocycles. The van der Waals surface area contributed by atoms with Gasteiger partial charge in [0, 0.05) is 32.0 Å². The molecule has 2 aromatic rings. The first-order valence-electron chi connectivity index (χ1n) is 6.46. The Balaban J connectivity index is 1.81. The van der Waals surface area contributed by atoms with Gasteiger partial charge in [-0.05, 0) is 42.3 Å². The van der Waals surface area contributed by atoms with Gasteiger partial charge in [-0.3, -0.25) is 14.2 Å². The van der Waals surface area contributed by atoms with E-state index in [2.05, 4.69) is 31.4 Å². The third-order valence-electron chi connectivity index (χ3n) is 3.18. The van der Waals surface area contributed by atoms with Crippen molar-refractivity contribution in [2.45, 2.75) is 26.8 Å². The average Bonchev–Trinajstić information content (AvgIpc) is 2.94. The van der Waals surface area contributed by atoms with Crippen LogP contribution in [0.4, 0.5) is 0 Å². The van der Waals surface area contributed by atoms with Gasteiger partial charge >= 0.3 is 0 Å². The molecule has 0 radical (unpaired) electrons. The van der Waals surface area contributed by atoms with Crippen LogP contribution < -0.4 is 5.32 Å². The Hall–Kier alpha value is -1.63. The van der Waals surface area contributed by atoms with E-state index in [4.69, 9.17) is 0 Å². The number of carbonyl (C=O) groups is 1. The molecule has 6 nitrogen and oxygen atoms in total. The van der Waals surface area contributed by atoms with Crippen molar-refractivity contribution >= 4 is 21.8 Å². The molecule has 1 N–H and O–H groups in total. The van der Waals surface area contributed by atoms with Crippen LogP contribution in [0.15, 0.2) is 16.7 Å². The van der Waals surface area contributed by atoms with Gasteiger partial charge in [0.05, 0.1) is 10.2 Å². The Bertz CT molecular complexity index is 616. The maximum atomic E-state index is 11.9. The zero-order chi connectivity index (χ0) is 14.7. The summed E-state index contributed by atoms with van der Waals surface area (Å²) in [5.41, 5.74) is 2.67. The first kappa shape index (κ1) is 14.8. The number of hydrogen-bond donors (Lipinski definition) is 1. The highest BCUT2D eigenvalue weighted by Crippen LogP contribution is 2.19. The molecular formula is C13H18BrN5O. The summed E-state index contributed by atoms with van der Waals surface area (Å²) in [5, 5.41) is 11.3. The largest absolute Gasteiger partial charge is 0.351 e. The fourth-order valence-corrected chi connectivity index (χ4v) is 2.29. The van der Waals surface area contributed by atoms with Crippen LogP contribution in [0.5, 0.6) is 0 Å². The average molecular weight is 340 g/mol. The number of aromatic nitrogens is 4. The summed E-state index contributed by atoms with van der Waals surface area (Å²) >= 11 is 3.50. The van der Waals surface area contributed by atoms with Crippen LogP contribution in [0.1, 0.15) is 28.3 Å². The summed E-state index contributed by atoms with van der Waals surface area (Å²) in [5.74, 6) is -0.0976. The summed E-state index contributed by atoms with van der Waals surface area (Å²) < 4.78 is 4.57. The molecule has 0 aliphatic heterocycles. The summed E-state index contributed by atoms with van der Waals surface area (Å²) in [6, 6.07) is 1.70. The minimum Gasteiger partial charge on any atom is -0.351 e. The number of nitrogens with zero attached hydrogens (tertiary/aromatic N) is 4. The first-order valence-corrected chi connectivity index (χ1v) is 7.25. The standard InChI is InChI=1S/C13H18BrN5O/c1-9-12(14)10(2)19(17-9)8-4-6-15-13(20)11-5-7-16-18(11)3/h5,7H,4,6,8H2,1-3H3,(H,15,20). The van der Waals surface area contributed by atoms with E-state index in [9.17, 15) is 4.79 Å². The van der Waals surface area contributed by atoms with E-state index in [1.165, 1.54) is 0 Å². The number of nitrogens with one attached hydrogen (secondary N) is 1. The molecule has 0 spiro atoms. The molecule has 0 bridgehead atoms. The molecule has 0 fully saturated rings. The molecule has 1 amide bonds. The lowest BCUT2D eigenvalue weighted by Gasteiger charge is -2.07. The highest BCUT2D eigenvalue weighted by Gasteiger charge is 2.10. The van der Waals surface area contributed by atoms with Gasteiger partial charge in [-0.2, -0.15) is 10.2 Å². The lowest BCUT2D eigenvalue weighted by atomic mass is 10.3. The number of aryl methyl sites for hydroxylation is 3. The molecule has 0 aliphatic rings. The van der Waals surface area contributed by atoms with E-state index < -0.39 is 0 Å². The number of hydrogen-bond acceptors (Lipinski definition) is 3. The minimum atomic E-state index is -0.0976. The van der Waals surface area contributed by atoms with E-state index in [-0.39, 0.29) is 5.91 Å². The molecule has 0 atom stereocenters. The van der Waals surface area contributed by atoms with Gasteiger partial charge < -0.3 is 5.32 Å². The van der Waals surface area contributed by atoms with E-state index in [0.717, 1.165) is 28.8 Å². The van der Waals surface area contributed by atoms with Gasteiger partial charge in [0.25, 0.3) is 5.91 Å². The van der Waals surface area contributed by atoms with Crippen molar-refractivity contribution in [2.75, 3.05) is 6.54 Å². The van der Waals surface area contributed by atoms with Gasteiger partial charge in [0.15, 0.2) is 0 Å². The van der Waals surface area contributed by atoms with Crippen molar-refractivity contribution in [3.63, 3.8) is 0 Å². The quantitative estimate of drug-likeness (QED) is 0.845. The third kappa shape index (κ3) is 3.09. The number of halogens is 1. The fraction of sp³-hybridized carbons (Fsp3) is 0.462. The molecule has 2 heterocycles. The van der Waals surface area contributed by atoms with Crippen LogP contribution in [0.3, 0.4) is 0 Å². The monoisotopic (exact) mass is 339 g/mol. The van der Waals surface area contributed by atoms with Crippen molar-refractivity contribution in [2.24, 2.45) is 7.05 Å². The van der Waals surface area contributed by atoms with E-state index in [0.29, 0.717) is 12.2 Å². The molecule has 7 heteroatoms. The zero-order valence-corrected chi connectivity index (χ0v) is 13.4. The molecule has 108 valence electrons. The second kappa shape index (κ2) is 6.21. The fourth-order valence-electron chi connectivity index (χ4n) is 2.01. The van der Waals surface area contributed by atoms with Crippen LogP contribution in [0, 0.1) is 13.8 Å². The first-order chi connectivity index (χ1) is 9.50. The smallest absolute Gasteiger partial charge is 0.269 e. The highest BCUT2D eigenvalue weighted by atomic mass is 79.9. The SMILES string of the molecule is Cc1nn(CCCNC(=O)c2ccnn2C)c(C)c1Br. The molecule has 0 saturated heterocycles. The third-order valence-corrected chi connectivity index (χ3v) is 4.33. The summed E-state index contributed by atoms with van der Waals surface area (Å²) in [4.78, 5) is 11.9. The summed E-state index contributed by atoms with van der Waals surface area (Å²) in [6.07, 6.45) is 2.44. The van der Waals surface area contributed by atoms with Gasteiger partial charge in [-0.15, -0.1) is 0 Å². The van der Waals surface area contributed by atoms with Crippen LogP contribution in [-0.4, -0.2) is 32.0 Å². The van der Waals surface area contributed by atoms with Gasteiger partial charge in [-0.25, -0.2) is 0 Å². The van der Waals surface area contributed by atoms with Crippen molar-refractivity contribution in [1.29, 1.82) is 0 Å². The number of amides is 1. The highest BCUT2D eigenvalue weighted by molar-refractivity contribution is 9.10. The van der Waals surface area contributed by atoms with E-state index in [1.54, 1.807) is 24.0 Å². The maximum absolute atomic E-state index is 11.9. The van der Waals surface area contributed by atoms with E-state index in [1.807, 2.05) is 18.5 Å². The molecular weight excluding hydrogens is 322 g/mol. The number of carbonyl (C=O) groups excluding carboxylic acids is 1. The van der Waals surface area contributed by atoms with Crippen molar-refractivity contribution in [3.05, 3.63) is 33.8 Å². The number of rotatable bonds is 5. The van der Waals surface area contributed by atoms with Crippen LogP contribution in [-0.2, 0) is 13.6 Å². The second-order valence-corrected chi connectivity index (χ2v) is 5.45. The van der Waals surface area contributed by atoms with E-state index >= 15 is 0 Å².